The fourth-order valence-electron chi connectivity index (χ4n) is 2.20. The first-order valence-electron chi connectivity index (χ1n) is 7.45. The third kappa shape index (κ3) is 4.28. The molecule has 0 amide bonds. The van der Waals surface area contributed by atoms with Gasteiger partial charge in [-0.05, 0) is 36.0 Å². The van der Waals surface area contributed by atoms with Gasteiger partial charge >= 0.3 is 0 Å². The van der Waals surface area contributed by atoms with Crippen molar-refractivity contribution >= 4 is 10.0 Å². The topological polar surface area (TPSA) is 72.2 Å². The average molecular weight is 312 g/mol. The van der Waals surface area contributed by atoms with Gasteiger partial charge in [0, 0.05) is 12.1 Å². The fraction of sp³-hybridized carbons (Fsp3) is 0.625. The number of hydrogen-bond acceptors (Lipinski definition) is 3. The molecule has 0 heterocycles. The predicted molar refractivity (Wildman–Crippen MR) is 87.8 cm³/mol. The lowest BCUT2D eigenvalue weighted by Crippen LogP contribution is -2.52. The minimum Gasteiger partial charge on any atom is -0.329 e. The van der Waals surface area contributed by atoms with Crippen LogP contribution in [0, 0.1) is 0 Å². The summed E-state index contributed by atoms with van der Waals surface area (Å²) in [6, 6.07) is 7.07. The fourth-order valence-corrected chi connectivity index (χ4v) is 3.76. The number of rotatable bonds is 6. The molecule has 0 aliphatic rings. The minimum atomic E-state index is -3.55. The molecule has 0 saturated heterocycles. The van der Waals surface area contributed by atoms with Crippen LogP contribution in [0.3, 0.4) is 0 Å². The highest BCUT2D eigenvalue weighted by atomic mass is 32.2. The van der Waals surface area contributed by atoms with Crippen molar-refractivity contribution in [2.24, 2.45) is 5.73 Å². The van der Waals surface area contributed by atoms with Crippen molar-refractivity contribution in [1.29, 1.82) is 0 Å². The summed E-state index contributed by atoms with van der Waals surface area (Å²) in [5, 5.41) is 0. The highest BCUT2D eigenvalue weighted by Crippen LogP contribution is 2.24. The number of benzene rings is 1. The van der Waals surface area contributed by atoms with E-state index >= 15 is 0 Å². The van der Waals surface area contributed by atoms with Crippen molar-refractivity contribution in [3.8, 4) is 0 Å². The Kier molecular flexibility index (Phi) is 5.58. The second-order valence-corrected chi connectivity index (χ2v) is 8.25. The summed E-state index contributed by atoms with van der Waals surface area (Å²) in [6.07, 6.45) is 1.33. The largest absolute Gasteiger partial charge is 0.329 e. The Bertz CT molecular complexity index is 545. The van der Waals surface area contributed by atoms with E-state index in [0.29, 0.717) is 19.4 Å². The van der Waals surface area contributed by atoms with Crippen LogP contribution in [0.1, 0.15) is 53.0 Å². The molecule has 3 N–H and O–H groups in total. The van der Waals surface area contributed by atoms with Crippen molar-refractivity contribution in [3.05, 3.63) is 29.8 Å². The number of nitrogens with two attached hydrogens (primary N) is 1. The Morgan fingerprint density at radius 2 is 1.52 bits per heavy atom. The van der Waals surface area contributed by atoms with Crippen molar-refractivity contribution in [2.75, 3.05) is 6.54 Å². The lowest BCUT2D eigenvalue weighted by Gasteiger charge is -2.31. The molecule has 0 spiro atoms. The van der Waals surface area contributed by atoms with Crippen LogP contribution in [0.4, 0.5) is 0 Å². The van der Waals surface area contributed by atoms with Gasteiger partial charge in [-0.1, -0.05) is 46.8 Å². The van der Waals surface area contributed by atoms with Gasteiger partial charge in [0.15, 0.2) is 0 Å². The highest BCUT2D eigenvalue weighted by Gasteiger charge is 2.30. The van der Waals surface area contributed by atoms with E-state index in [1.165, 1.54) is 0 Å². The van der Waals surface area contributed by atoms with Crippen LogP contribution in [-0.4, -0.2) is 20.5 Å². The molecule has 1 aromatic rings. The van der Waals surface area contributed by atoms with Crippen LogP contribution in [0.2, 0.25) is 0 Å². The Labute approximate surface area is 129 Å². The number of nitrogens with one attached hydrogen (secondary N) is 1. The molecule has 120 valence electrons. The SMILES string of the molecule is CCC(CC)(CN)NS(=O)(=O)c1ccc(C(C)(C)C)cc1. The van der Waals surface area contributed by atoms with Crippen LogP contribution in [0.25, 0.3) is 0 Å². The van der Waals surface area contributed by atoms with Crippen molar-refractivity contribution in [1.82, 2.24) is 4.72 Å². The van der Waals surface area contributed by atoms with E-state index < -0.39 is 15.6 Å². The Hall–Kier alpha value is -0.910. The third-order valence-electron chi connectivity index (χ3n) is 4.13. The maximum Gasteiger partial charge on any atom is 0.241 e. The Morgan fingerprint density at radius 1 is 1.05 bits per heavy atom. The van der Waals surface area contributed by atoms with Crippen molar-refractivity contribution < 1.29 is 8.42 Å². The van der Waals surface area contributed by atoms with E-state index in [1.807, 2.05) is 26.0 Å². The van der Waals surface area contributed by atoms with E-state index in [-0.39, 0.29) is 10.3 Å². The summed E-state index contributed by atoms with van der Waals surface area (Å²) in [5.74, 6) is 0. The molecule has 0 unspecified atom stereocenters. The summed E-state index contributed by atoms with van der Waals surface area (Å²) in [4.78, 5) is 0.287. The zero-order valence-corrected chi connectivity index (χ0v) is 14.5. The van der Waals surface area contributed by atoms with E-state index in [0.717, 1.165) is 5.56 Å². The molecule has 1 rings (SSSR count). The Balaban J connectivity index is 3.09. The van der Waals surface area contributed by atoms with Gasteiger partial charge in [0.05, 0.1) is 4.90 Å². The van der Waals surface area contributed by atoms with Crippen LogP contribution in [0.15, 0.2) is 29.2 Å². The molecular formula is C16H28N2O2S. The number of hydrogen-bond donors (Lipinski definition) is 2. The van der Waals surface area contributed by atoms with E-state index in [4.69, 9.17) is 5.73 Å². The smallest absolute Gasteiger partial charge is 0.241 e. The van der Waals surface area contributed by atoms with E-state index in [9.17, 15) is 8.42 Å². The highest BCUT2D eigenvalue weighted by molar-refractivity contribution is 7.89. The van der Waals surface area contributed by atoms with Gasteiger partial charge in [0.1, 0.15) is 0 Å². The lowest BCUT2D eigenvalue weighted by atomic mass is 9.87. The molecule has 5 heteroatoms. The van der Waals surface area contributed by atoms with Crippen LogP contribution in [-0.2, 0) is 15.4 Å². The van der Waals surface area contributed by atoms with Gasteiger partial charge in [0.2, 0.25) is 10.0 Å². The van der Waals surface area contributed by atoms with E-state index in [2.05, 4.69) is 25.5 Å². The first-order valence-corrected chi connectivity index (χ1v) is 8.93. The maximum absolute atomic E-state index is 12.5. The van der Waals surface area contributed by atoms with Gasteiger partial charge in [-0.15, -0.1) is 0 Å². The molecule has 0 aliphatic heterocycles. The molecule has 0 aliphatic carbocycles. The van der Waals surface area contributed by atoms with Gasteiger partial charge in [-0.25, -0.2) is 13.1 Å². The van der Waals surface area contributed by atoms with Crippen LogP contribution < -0.4 is 10.5 Å². The average Bonchev–Trinajstić information content (AvgIpc) is 2.44. The van der Waals surface area contributed by atoms with Gasteiger partial charge in [-0.2, -0.15) is 0 Å². The van der Waals surface area contributed by atoms with E-state index in [1.54, 1.807) is 12.1 Å². The molecular weight excluding hydrogens is 284 g/mol. The molecule has 0 saturated carbocycles. The minimum absolute atomic E-state index is 0.00355. The zero-order chi connectivity index (χ0) is 16.3. The molecule has 0 fully saturated rings. The third-order valence-corrected chi connectivity index (χ3v) is 5.72. The van der Waals surface area contributed by atoms with Gasteiger partial charge < -0.3 is 5.73 Å². The summed E-state index contributed by atoms with van der Waals surface area (Å²) >= 11 is 0. The normalized spacial score (nSPS) is 13.4. The van der Waals surface area contributed by atoms with Crippen molar-refractivity contribution in [3.63, 3.8) is 0 Å². The standard InChI is InChI=1S/C16H28N2O2S/c1-6-16(7-2,12-17)18-21(19,20)14-10-8-13(9-11-14)15(3,4)5/h8-11,18H,6-7,12,17H2,1-5H3. The van der Waals surface area contributed by atoms with Gasteiger partial charge in [0.25, 0.3) is 0 Å². The predicted octanol–water partition coefficient (Wildman–Crippen LogP) is 2.78. The quantitative estimate of drug-likeness (QED) is 0.848. The monoisotopic (exact) mass is 312 g/mol. The molecule has 4 nitrogen and oxygen atoms in total. The lowest BCUT2D eigenvalue weighted by molar-refractivity contribution is 0.363. The van der Waals surface area contributed by atoms with Gasteiger partial charge in [-0.3, -0.25) is 0 Å². The summed E-state index contributed by atoms with van der Waals surface area (Å²) < 4.78 is 27.8. The van der Waals surface area contributed by atoms with Crippen LogP contribution in [0.5, 0.6) is 0 Å². The molecule has 0 bridgehead atoms. The first kappa shape index (κ1) is 18.1. The zero-order valence-electron chi connectivity index (χ0n) is 13.7. The Morgan fingerprint density at radius 3 is 1.86 bits per heavy atom. The summed E-state index contributed by atoms with van der Waals surface area (Å²) in [7, 11) is -3.55. The summed E-state index contributed by atoms with van der Waals surface area (Å²) in [5.41, 5.74) is 6.31. The molecule has 1 aromatic carbocycles. The molecule has 0 radical (unpaired) electrons. The van der Waals surface area contributed by atoms with Crippen molar-refractivity contribution in [2.45, 2.75) is 63.3 Å². The first-order chi connectivity index (χ1) is 9.60. The second-order valence-electron chi connectivity index (χ2n) is 6.57. The molecule has 0 atom stereocenters. The number of sulfonamides is 1. The molecule has 21 heavy (non-hydrogen) atoms. The van der Waals surface area contributed by atoms with Crippen LogP contribution >= 0.6 is 0 Å². The summed E-state index contributed by atoms with van der Waals surface area (Å²) in [6.45, 7) is 10.5. The second kappa shape index (κ2) is 6.46. The maximum atomic E-state index is 12.5. The molecule has 0 aromatic heterocycles.